The highest BCUT2D eigenvalue weighted by atomic mass is 16.3. The molecule has 13 heavy (non-hydrogen) atoms. The Morgan fingerprint density at radius 3 is 2.92 bits per heavy atom. The van der Waals surface area contributed by atoms with Gasteiger partial charge in [0, 0.05) is 31.2 Å². The van der Waals surface area contributed by atoms with Crippen LogP contribution in [-0.2, 0) is 6.54 Å². The molecule has 2 rings (SSSR count). The van der Waals surface area contributed by atoms with Crippen LogP contribution in [0.4, 0.5) is 0 Å². The zero-order valence-electron chi connectivity index (χ0n) is 7.99. The second-order valence-electron chi connectivity index (χ2n) is 3.51. The number of hydrogen-bond donors (Lipinski definition) is 1. The lowest BCUT2D eigenvalue weighted by Crippen LogP contribution is -2.56. The first-order valence-corrected chi connectivity index (χ1v) is 4.86. The van der Waals surface area contributed by atoms with E-state index in [4.69, 9.17) is 4.42 Å². The van der Waals surface area contributed by atoms with Gasteiger partial charge >= 0.3 is 0 Å². The fourth-order valence-electron chi connectivity index (χ4n) is 1.65. The summed E-state index contributed by atoms with van der Waals surface area (Å²) >= 11 is 0. The van der Waals surface area contributed by atoms with Gasteiger partial charge in [0.1, 0.15) is 0 Å². The van der Waals surface area contributed by atoms with E-state index in [0.29, 0.717) is 0 Å². The smallest absolute Gasteiger partial charge is 0.0947 e. The van der Waals surface area contributed by atoms with Gasteiger partial charge in [-0.05, 0) is 12.6 Å². The summed E-state index contributed by atoms with van der Waals surface area (Å²) in [5.41, 5.74) is 1.27. The van der Waals surface area contributed by atoms with Crippen LogP contribution in [0.15, 0.2) is 23.0 Å². The second kappa shape index (κ2) is 3.94. The molecule has 0 aliphatic carbocycles. The average Bonchev–Trinajstić information content (AvgIpc) is 2.52. The Balaban J connectivity index is 1.90. The van der Waals surface area contributed by atoms with Crippen molar-refractivity contribution in [3.8, 4) is 0 Å². The SMILES string of the molecule is CCN(Cc1ccoc1)C1CNC1. The summed E-state index contributed by atoms with van der Waals surface area (Å²) in [5, 5.41) is 3.29. The zero-order chi connectivity index (χ0) is 9.10. The van der Waals surface area contributed by atoms with Crippen molar-refractivity contribution in [1.29, 1.82) is 0 Å². The molecule has 0 atom stereocenters. The van der Waals surface area contributed by atoms with Gasteiger partial charge in [0.2, 0.25) is 0 Å². The predicted octanol–water partition coefficient (Wildman–Crippen LogP) is 1.07. The van der Waals surface area contributed by atoms with E-state index in [9.17, 15) is 0 Å². The molecule has 0 bridgehead atoms. The second-order valence-corrected chi connectivity index (χ2v) is 3.51. The molecule has 1 saturated heterocycles. The van der Waals surface area contributed by atoms with Gasteiger partial charge < -0.3 is 9.73 Å². The van der Waals surface area contributed by atoms with Crippen LogP contribution in [0, 0.1) is 0 Å². The van der Waals surface area contributed by atoms with Crippen molar-refractivity contribution in [2.24, 2.45) is 0 Å². The summed E-state index contributed by atoms with van der Waals surface area (Å²) in [6, 6.07) is 2.76. The molecule has 1 fully saturated rings. The van der Waals surface area contributed by atoms with E-state index >= 15 is 0 Å². The minimum absolute atomic E-state index is 0.722. The molecule has 72 valence electrons. The highest BCUT2D eigenvalue weighted by Gasteiger charge is 2.23. The van der Waals surface area contributed by atoms with Crippen molar-refractivity contribution in [1.82, 2.24) is 10.2 Å². The Kier molecular flexibility index (Phi) is 2.66. The summed E-state index contributed by atoms with van der Waals surface area (Å²) in [7, 11) is 0. The molecule has 2 heterocycles. The highest BCUT2D eigenvalue weighted by molar-refractivity contribution is 5.05. The summed E-state index contributed by atoms with van der Waals surface area (Å²) in [6.07, 6.45) is 3.57. The molecule has 1 aromatic rings. The van der Waals surface area contributed by atoms with Gasteiger partial charge in [0.15, 0.2) is 0 Å². The molecular weight excluding hydrogens is 164 g/mol. The van der Waals surface area contributed by atoms with Crippen LogP contribution in [0.2, 0.25) is 0 Å². The molecule has 1 aromatic heterocycles. The van der Waals surface area contributed by atoms with Crippen LogP contribution in [0.25, 0.3) is 0 Å². The molecule has 3 nitrogen and oxygen atoms in total. The molecule has 1 aliphatic rings. The maximum atomic E-state index is 5.05. The molecule has 0 saturated carbocycles. The van der Waals surface area contributed by atoms with Crippen LogP contribution < -0.4 is 5.32 Å². The van der Waals surface area contributed by atoms with Crippen molar-refractivity contribution < 1.29 is 4.42 Å². The monoisotopic (exact) mass is 180 g/mol. The maximum absolute atomic E-state index is 5.05. The number of rotatable bonds is 4. The van der Waals surface area contributed by atoms with Gasteiger partial charge in [-0.2, -0.15) is 0 Å². The number of likely N-dealkylation sites (N-methyl/N-ethyl adjacent to an activating group) is 1. The number of furan rings is 1. The van der Waals surface area contributed by atoms with Gasteiger partial charge in [0.25, 0.3) is 0 Å². The average molecular weight is 180 g/mol. The molecule has 0 radical (unpaired) electrons. The van der Waals surface area contributed by atoms with Gasteiger partial charge in [-0.3, -0.25) is 4.90 Å². The molecule has 0 aromatic carbocycles. The molecular formula is C10H16N2O. The van der Waals surface area contributed by atoms with Gasteiger partial charge in [0.05, 0.1) is 12.5 Å². The van der Waals surface area contributed by atoms with Gasteiger partial charge in [-0.1, -0.05) is 6.92 Å². The molecule has 0 amide bonds. The molecule has 3 heteroatoms. The Morgan fingerprint density at radius 2 is 2.46 bits per heavy atom. The third-order valence-electron chi connectivity index (χ3n) is 2.65. The fourth-order valence-corrected chi connectivity index (χ4v) is 1.65. The van der Waals surface area contributed by atoms with E-state index < -0.39 is 0 Å². The summed E-state index contributed by atoms with van der Waals surface area (Å²) in [4.78, 5) is 2.47. The lowest BCUT2D eigenvalue weighted by molar-refractivity contribution is 0.145. The standard InChI is InChI=1S/C10H16N2O/c1-2-12(10-5-11-6-10)7-9-3-4-13-8-9/h3-4,8,10-11H,2,5-7H2,1H3. The van der Waals surface area contributed by atoms with E-state index in [2.05, 4.69) is 17.1 Å². The van der Waals surface area contributed by atoms with E-state index in [1.54, 1.807) is 6.26 Å². The van der Waals surface area contributed by atoms with E-state index in [-0.39, 0.29) is 0 Å². The van der Waals surface area contributed by atoms with E-state index in [1.807, 2.05) is 12.3 Å². The third-order valence-corrected chi connectivity index (χ3v) is 2.65. The van der Waals surface area contributed by atoms with Crippen molar-refractivity contribution in [2.75, 3.05) is 19.6 Å². The van der Waals surface area contributed by atoms with Crippen LogP contribution in [0.3, 0.4) is 0 Å². The quantitative estimate of drug-likeness (QED) is 0.751. The normalized spacial score (nSPS) is 17.7. The summed E-state index contributed by atoms with van der Waals surface area (Å²) < 4.78 is 5.05. The van der Waals surface area contributed by atoms with Crippen molar-refractivity contribution in [3.05, 3.63) is 24.2 Å². The predicted molar refractivity (Wildman–Crippen MR) is 51.4 cm³/mol. The minimum Gasteiger partial charge on any atom is -0.472 e. The largest absolute Gasteiger partial charge is 0.472 e. The van der Waals surface area contributed by atoms with Crippen LogP contribution in [0.1, 0.15) is 12.5 Å². The number of hydrogen-bond acceptors (Lipinski definition) is 3. The molecule has 0 spiro atoms. The van der Waals surface area contributed by atoms with Crippen LogP contribution >= 0.6 is 0 Å². The lowest BCUT2D eigenvalue weighted by Gasteiger charge is -2.37. The van der Waals surface area contributed by atoms with E-state index in [1.165, 1.54) is 5.56 Å². The molecule has 1 N–H and O–H groups in total. The van der Waals surface area contributed by atoms with Crippen molar-refractivity contribution >= 4 is 0 Å². The topological polar surface area (TPSA) is 28.4 Å². The fraction of sp³-hybridized carbons (Fsp3) is 0.600. The molecule has 1 aliphatic heterocycles. The Labute approximate surface area is 78.7 Å². The van der Waals surface area contributed by atoms with Gasteiger partial charge in [-0.25, -0.2) is 0 Å². The summed E-state index contributed by atoms with van der Waals surface area (Å²) in [6.45, 7) is 6.59. The number of nitrogens with zero attached hydrogens (tertiary/aromatic N) is 1. The third kappa shape index (κ3) is 1.92. The molecule has 0 unspecified atom stereocenters. The number of nitrogens with one attached hydrogen (secondary N) is 1. The summed E-state index contributed by atoms with van der Waals surface area (Å²) in [5.74, 6) is 0. The first-order chi connectivity index (χ1) is 6.40. The van der Waals surface area contributed by atoms with Crippen LogP contribution in [-0.4, -0.2) is 30.6 Å². The van der Waals surface area contributed by atoms with Crippen LogP contribution in [0.5, 0.6) is 0 Å². The maximum Gasteiger partial charge on any atom is 0.0947 e. The Hall–Kier alpha value is -0.800. The van der Waals surface area contributed by atoms with Crippen molar-refractivity contribution in [3.63, 3.8) is 0 Å². The lowest BCUT2D eigenvalue weighted by atomic mass is 10.1. The zero-order valence-corrected chi connectivity index (χ0v) is 7.99. The van der Waals surface area contributed by atoms with Gasteiger partial charge in [-0.15, -0.1) is 0 Å². The van der Waals surface area contributed by atoms with E-state index in [0.717, 1.165) is 32.2 Å². The Morgan fingerprint density at radius 1 is 1.62 bits per heavy atom. The first kappa shape index (κ1) is 8.78. The van der Waals surface area contributed by atoms with Crippen molar-refractivity contribution in [2.45, 2.75) is 19.5 Å². The highest BCUT2D eigenvalue weighted by Crippen LogP contribution is 2.10. The first-order valence-electron chi connectivity index (χ1n) is 4.86. The minimum atomic E-state index is 0.722. The Bertz CT molecular complexity index is 241.